The molecule has 5 nitrogen and oxygen atoms in total. The van der Waals surface area contributed by atoms with Crippen LogP contribution in [0.2, 0.25) is 0 Å². The summed E-state index contributed by atoms with van der Waals surface area (Å²) in [6, 6.07) is 0. The first kappa shape index (κ1) is 14.1. The van der Waals surface area contributed by atoms with E-state index in [0.717, 1.165) is 27.5 Å². The quantitative estimate of drug-likeness (QED) is 0.386. The van der Waals surface area contributed by atoms with Crippen LogP contribution in [-0.4, -0.2) is 9.97 Å². The van der Waals surface area contributed by atoms with Crippen LogP contribution in [0.3, 0.4) is 0 Å². The van der Waals surface area contributed by atoms with Crippen LogP contribution in [-0.2, 0) is 0 Å². The minimum absolute atomic E-state index is 0.513. The van der Waals surface area contributed by atoms with E-state index in [1.807, 2.05) is 30.7 Å². The van der Waals surface area contributed by atoms with Gasteiger partial charge in [-0.3, -0.25) is 5.84 Å². The van der Waals surface area contributed by atoms with Crippen molar-refractivity contribution in [2.75, 3.05) is 0 Å². The molecule has 0 aliphatic carbocycles. The summed E-state index contributed by atoms with van der Waals surface area (Å²) in [6.45, 7) is 5.71. The molecule has 6 heteroatoms. The van der Waals surface area contributed by atoms with Crippen LogP contribution in [0.15, 0.2) is 36.5 Å². The second kappa shape index (κ2) is 6.23. The lowest BCUT2D eigenvalue weighted by molar-refractivity contribution is 0.966. The standard InChI is InChI=1S/C14H17N5S/c1-3-4-5-10-9(2)17-6-11(10)13-8-20-14(19-13)12(15)7-18-16/h3-8,17-18H,1,15-16H2,2H3/b5-4-,12-7-. The summed E-state index contributed by atoms with van der Waals surface area (Å²) in [6.07, 6.45) is 9.12. The number of aromatic amines is 1. The van der Waals surface area contributed by atoms with Gasteiger partial charge < -0.3 is 16.1 Å². The molecule has 0 saturated heterocycles. The topological polar surface area (TPSA) is 92.8 Å². The van der Waals surface area contributed by atoms with E-state index in [0.29, 0.717) is 5.70 Å². The number of hydrogen-bond acceptors (Lipinski definition) is 5. The van der Waals surface area contributed by atoms with Crippen molar-refractivity contribution < 1.29 is 0 Å². The summed E-state index contributed by atoms with van der Waals surface area (Å²) >= 11 is 1.48. The predicted molar refractivity (Wildman–Crippen MR) is 85.4 cm³/mol. The summed E-state index contributed by atoms with van der Waals surface area (Å²) in [5, 5.41) is 2.70. The lowest BCUT2D eigenvalue weighted by Crippen LogP contribution is -2.16. The van der Waals surface area contributed by atoms with Crippen molar-refractivity contribution in [2.24, 2.45) is 11.6 Å². The number of nitrogens with one attached hydrogen (secondary N) is 2. The first-order valence-electron chi connectivity index (χ1n) is 6.02. The molecule has 2 aromatic rings. The molecule has 0 spiro atoms. The third-order valence-electron chi connectivity index (χ3n) is 2.79. The van der Waals surface area contributed by atoms with E-state index in [2.05, 4.69) is 22.0 Å². The molecular formula is C14H17N5S. The number of H-pyrrole nitrogens is 1. The summed E-state index contributed by atoms with van der Waals surface area (Å²) in [4.78, 5) is 7.74. The molecular weight excluding hydrogens is 270 g/mol. The van der Waals surface area contributed by atoms with Gasteiger partial charge in [-0.15, -0.1) is 11.3 Å². The van der Waals surface area contributed by atoms with Crippen LogP contribution in [0, 0.1) is 6.92 Å². The number of nitrogens with two attached hydrogens (primary N) is 2. The Morgan fingerprint density at radius 1 is 1.55 bits per heavy atom. The Kier molecular flexibility index (Phi) is 4.39. The maximum absolute atomic E-state index is 5.85. The smallest absolute Gasteiger partial charge is 0.141 e. The third kappa shape index (κ3) is 2.81. The minimum Gasteiger partial charge on any atom is -0.395 e. The zero-order valence-electron chi connectivity index (χ0n) is 11.2. The fourth-order valence-corrected chi connectivity index (χ4v) is 2.56. The van der Waals surface area contributed by atoms with Gasteiger partial charge in [0.2, 0.25) is 0 Å². The number of rotatable bonds is 5. The van der Waals surface area contributed by atoms with Gasteiger partial charge >= 0.3 is 0 Å². The second-order valence-electron chi connectivity index (χ2n) is 4.14. The summed E-state index contributed by atoms with van der Waals surface area (Å²) in [7, 11) is 0. The van der Waals surface area contributed by atoms with Gasteiger partial charge in [-0.2, -0.15) is 0 Å². The molecule has 0 aliphatic heterocycles. The van der Waals surface area contributed by atoms with E-state index in [4.69, 9.17) is 11.6 Å². The van der Waals surface area contributed by atoms with Gasteiger partial charge in [0.25, 0.3) is 0 Å². The highest BCUT2D eigenvalue weighted by Gasteiger charge is 2.12. The zero-order chi connectivity index (χ0) is 14.5. The molecule has 0 unspecified atom stereocenters. The Labute approximate surface area is 121 Å². The van der Waals surface area contributed by atoms with Crippen molar-refractivity contribution in [1.82, 2.24) is 15.4 Å². The normalized spacial score (nSPS) is 12.0. The van der Waals surface area contributed by atoms with Gasteiger partial charge in [-0.1, -0.05) is 24.8 Å². The number of hydrazine groups is 1. The highest BCUT2D eigenvalue weighted by molar-refractivity contribution is 7.11. The van der Waals surface area contributed by atoms with E-state index >= 15 is 0 Å². The van der Waals surface area contributed by atoms with Crippen LogP contribution in [0.5, 0.6) is 0 Å². The predicted octanol–water partition coefficient (Wildman–Crippen LogP) is 2.37. The first-order valence-corrected chi connectivity index (χ1v) is 6.90. The van der Waals surface area contributed by atoms with E-state index in [9.17, 15) is 0 Å². The van der Waals surface area contributed by atoms with Crippen molar-refractivity contribution >= 4 is 23.1 Å². The number of thiazole rings is 1. The van der Waals surface area contributed by atoms with Crippen LogP contribution in [0.1, 0.15) is 16.3 Å². The molecule has 104 valence electrons. The first-order chi connectivity index (χ1) is 9.67. The van der Waals surface area contributed by atoms with Gasteiger partial charge in [0, 0.05) is 34.6 Å². The van der Waals surface area contributed by atoms with Gasteiger partial charge in [-0.05, 0) is 6.92 Å². The molecule has 0 fully saturated rings. The van der Waals surface area contributed by atoms with E-state index in [1.54, 1.807) is 6.08 Å². The summed E-state index contributed by atoms with van der Waals surface area (Å²) in [5.41, 5.74) is 12.9. The molecule has 2 heterocycles. The third-order valence-corrected chi connectivity index (χ3v) is 3.68. The van der Waals surface area contributed by atoms with E-state index in [1.165, 1.54) is 17.5 Å². The van der Waals surface area contributed by atoms with Gasteiger partial charge in [-0.25, -0.2) is 4.98 Å². The Hall–Kier alpha value is -2.31. The average molecular weight is 287 g/mol. The number of nitrogens with zero attached hydrogens (tertiary/aromatic N) is 1. The molecule has 0 saturated carbocycles. The van der Waals surface area contributed by atoms with Crippen molar-refractivity contribution in [3.05, 3.63) is 52.8 Å². The minimum atomic E-state index is 0.513. The highest BCUT2D eigenvalue weighted by Crippen LogP contribution is 2.29. The lowest BCUT2D eigenvalue weighted by atomic mass is 10.1. The molecule has 6 N–H and O–H groups in total. The fraction of sp³-hybridized carbons (Fsp3) is 0.0714. The second-order valence-corrected chi connectivity index (χ2v) is 5.00. The Morgan fingerprint density at radius 2 is 2.35 bits per heavy atom. The molecule has 2 aromatic heterocycles. The van der Waals surface area contributed by atoms with Crippen LogP contribution < -0.4 is 17.0 Å². The van der Waals surface area contributed by atoms with Crippen LogP contribution in [0.25, 0.3) is 23.0 Å². The maximum atomic E-state index is 5.85. The Bertz CT molecular complexity index is 663. The SMILES string of the molecule is C=C/C=C\c1c(-c2csc(/C(N)=C/NN)n2)c[nH]c1C. The maximum Gasteiger partial charge on any atom is 0.141 e. The van der Waals surface area contributed by atoms with Crippen LogP contribution >= 0.6 is 11.3 Å². The number of hydrogen-bond donors (Lipinski definition) is 4. The monoisotopic (exact) mass is 287 g/mol. The number of allylic oxidation sites excluding steroid dienone is 2. The summed E-state index contributed by atoms with van der Waals surface area (Å²) < 4.78 is 0. The van der Waals surface area contributed by atoms with Crippen molar-refractivity contribution in [2.45, 2.75) is 6.92 Å². The van der Waals surface area contributed by atoms with E-state index in [-0.39, 0.29) is 0 Å². The molecule has 0 atom stereocenters. The Balaban J connectivity index is 2.40. The Morgan fingerprint density at radius 3 is 3.05 bits per heavy atom. The van der Waals surface area contributed by atoms with Crippen molar-refractivity contribution in [1.29, 1.82) is 0 Å². The number of aromatic nitrogens is 2. The summed E-state index contributed by atoms with van der Waals surface area (Å²) in [5.74, 6) is 5.21. The molecule has 0 bridgehead atoms. The lowest BCUT2D eigenvalue weighted by Gasteiger charge is -1.98. The van der Waals surface area contributed by atoms with Crippen LogP contribution in [0.4, 0.5) is 0 Å². The number of aryl methyl sites for hydroxylation is 1. The molecule has 0 aromatic carbocycles. The van der Waals surface area contributed by atoms with Gasteiger partial charge in [0.1, 0.15) is 5.01 Å². The van der Waals surface area contributed by atoms with Crippen molar-refractivity contribution in [3.8, 4) is 11.3 Å². The van der Waals surface area contributed by atoms with Gasteiger partial charge in [0.05, 0.1) is 11.4 Å². The molecule has 0 amide bonds. The molecule has 20 heavy (non-hydrogen) atoms. The molecule has 0 aliphatic rings. The highest BCUT2D eigenvalue weighted by atomic mass is 32.1. The fourth-order valence-electron chi connectivity index (χ4n) is 1.81. The van der Waals surface area contributed by atoms with E-state index < -0.39 is 0 Å². The largest absolute Gasteiger partial charge is 0.395 e. The average Bonchev–Trinajstić information content (AvgIpc) is 3.03. The zero-order valence-corrected chi connectivity index (χ0v) is 12.0. The molecule has 0 radical (unpaired) electrons. The van der Waals surface area contributed by atoms with Crippen molar-refractivity contribution in [3.63, 3.8) is 0 Å². The molecule has 2 rings (SSSR count). The van der Waals surface area contributed by atoms with Gasteiger partial charge in [0.15, 0.2) is 0 Å².